The van der Waals surface area contributed by atoms with Gasteiger partial charge in [-0.25, -0.2) is 8.42 Å². The third-order valence-corrected chi connectivity index (χ3v) is 7.85. The number of carbonyl (C=O) groups is 2. The van der Waals surface area contributed by atoms with Crippen LogP contribution in [0.4, 0.5) is 0 Å². The predicted molar refractivity (Wildman–Crippen MR) is 97.5 cm³/mol. The van der Waals surface area contributed by atoms with E-state index in [-0.39, 0.29) is 29.2 Å². The smallest absolute Gasteiger partial charge is 0.264 e. The SMILES string of the molecule is CCc1ccc(C(=O)N2CCN(C(=O)C(C)C)[C@@H]3CS(=O)(=O)C[C@@H]32)s1. The Morgan fingerprint density at radius 1 is 1.16 bits per heavy atom. The number of aryl methyl sites for hydroxylation is 1. The van der Waals surface area contributed by atoms with E-state index in [4.69, 9.17) is 0 Å². The summed E-state index contributed by atoms with van der Waals surface area (Å²) in [6.07, 6.45) is 0.870. The molecule has 3 heterocycles. The fraction of sp³-hybridized carbons (Fsp3) is 0.647. The van der Waals surface area contributed by atoms with Crippen molar-refractivity contribution in [2.75, 3.05) is 24.6 Å². The van der Waals surface area contributed by atoms with Gasteiger partial charge in [-0.3, -0.25) is 9.59 Å². The molecule has 2 atom stereocenters. The summed E-state index contributed by atoms with van der Waals surface area (Å²) in [4.78, 5) is 30.5. The molecule has 1 aromatic rings. The predicted octanol–water partition coefficient (Wildman–Crippen LogP) is 1.42. The van der Waals surface area contributed by atoms with Crippen LogP contribution in [0.2, 0.25) is 0 Å². The van der Waals surface area contributed by atoms with Crippen LogP contribution >= 0.6 is 11.3 Å². The van der Waals surface area contributed by atoms with Crippen LogP contribution in [0.5, 0.6) is 0 Å². The fourth-order valence-electron chi connectivity index (χ4n) is 3.63. The van der Waals surface area contributed by atoms with E-state index >= 15 is 0 Å². The van der Waals surface area contributed by atoms with Gasteiger partial charge in [-0.15, -0.1) is 11.3 Å². The van der Waals surface area contributed by atoms with Crippen molar-refractivity contribution in [2.24, 2.45) is 5.92 Å². The summed E-state index contributed by atoms with van der Waals surface area (Å²) in [5.74, 6) is -0.449. The second kappa shape index (κ2) is 6.72. The molecule has 2 fully saturated rings. The van der Waals surface area contributed by atoms with Gasteiger partial charge in [0.25, 0.3) is 5.91 Å². The Kier molecular flexibility index (Phi) is 4.94. The highest BCUT2D eigenvalue weighted by Gasteiger charge is 2.49. The zero-order valence-corrected chi connectivity index (χ0v) is 16.4. The van der Waals surface area contributed by atoms with Gasteiger partial charge in [-0.2, -0.15) is 0 Å². The molecule has 25 heavy (non-hydrogen) atoms. The molecule has 0 spiro atoms. The molecule has 3 rings (SSSR count). The molecule has 0 radical (unpaired) electrons. The van der Waals surface area contributed by atoms with Gasteiger partial charge in [-0.05, 0) is 18.6 Å². The maximum atomic E-state index is 12.9. The first-order valence-electron chi connectivity index (χ1n) is 8.64. The molecule has 0 aromatic carbocycles. The average molecular weight is 385 g/mol. The number of hydrogen-bond acceptors (Lipinski definition) is 5. The highest BCUT2D eigenvalue weighted by molar-refractivity contribution is 7.91. The van der Waals surface area contributed by atoms with Crippen LogP contribution in [-0.4, -0.2) is 66.7 Å². The van der Waals surface area contributed by atoms with E-state index < -0.39 is 21.9 Å². The molecule has 2 saturated heterocycles. The van der Waals surface area contributed by atoms with Crippen molar-refractivity contribution in [3.05, 3.63) is 21.9 Å². The second-order valence-electron chi connectivity index (χ2n) is 7.02. The number of sulfone groups is 1. The van der Waals surface area contributed by atoms with Gasteiger partial charge in [-0.1, -0.05) is 20.8 Å². The van der Waals surface area contributed by atoms with E-state index in [0.29, 0.717) is 18.0 Å². The highest BCUT2D eigenvalue weighted by atomic mass is 32.2. The van der Waals surface area contributed by atoms with Crippen LogP contribution in [0.15, 0.2) is 12.1 Å². The minimum Gasteiger partial charge on any atom is -0.335 e. The summed E-state index contributed by atoms with van der Waals surface area (Å²) in [5.41, 5.74) is 0. The summed E-state index contributed by atoms with van der Waals surface area (Å²) in [6, 6.07) is 2.89. The lowest BCUT2D eigenvalue weighted by Gasteiger charge is -2.44. The molecule has 6 nitrogen and oxygen atoms in total. The molecule has 0 aliphatic carbocycles. The third kappa shape index (κ3) is 3.46. The van der Waals surface area contributed by atoms with Crippen LogP contribution in [-0.2, 0) is 21.1 Å². The minimum atomic E-state index is -3.25. The molecule has 0 saturated carbocycles. The van der Waals surface area contributed by atoms with Crippen molar-refractivity contribution in [3.8, 4) is 0 Å². The standard InChI is InChI=1S/C17H24N2O4S2/c1-4-12-5-6-15(24-12)17(21)19-8-7-18(16(20)11(2)3)13-9-25(22,23)10-14(13)19/h5-6,11,13-14H,4,7-10H2,1-3H3/t13-,14+/m1/s1. The van der Waals surface area contributed by atoms with Crippen molar-refractivity contribution in [3.63, 3.8) is 0 Å². The number of nitrogens with zero attached hydrogens (tertiary/aromatic N) is 2. The topological polar surface area (TPSA) is 74.8 Å². The van der Waals surface area contributed by atoms with Gasteiger partial charge in [0, 0.05) is 23.9 Å². The molecule has 0 unspecified atom stereocenters. The van der Waals surface area contributed by atoms with E-state index in [0.717, 1.165) is 11.3 Å². The van der Waals surface area contributed by atoms with Crippen LogP contribution < -0.4 is 0 Å². The van der Waals surface area contributed by atoms with Crippen molar-refractivity contribution in [1.29, 1.82) is 0 Å². The first-order valence-corrected chi connectivity index (χ1v) is 11.3. The van der Waals surface area contributed by atoms with Gasteiger partial charge in [0.15, 0.2) is 9.84 Å². The quantitative estimate of drug-likeness (QED) is 0.790. The third-order valence-electron chi connectivity index (χ3n) is 4.93. The lowest BCUT2D eigenvalue weighted by atomic mass is 10.0. The largest absolute Gasteiger partial charge is 0.335 e. The molecule has 138 valence electrons. The van der Waals surface area contributed by atoms with E-state index in [2.05, 4.69) is 0 Å². The molecular formula is C17H24N2O4S2. The summed E-state index contributed by atoms with van der Waals surface area (Å²) in [7, 11) is -3.25. The molecular weight excluding hydrogens is 360 g/mol. The Labute approximate surface area is 152 Å². The minimum absolute atomic E-state index is 0.0383. The maximum Gasteiger partial charge on any atom is 0.264 e. The number of fused-ring (bicyclic) bond motifs is 1. The molecule has 8 heteroatoms. The van der Waals surface area contributed by atoms with E-state index in [1.165, 1.54) is 11.3 Å². The van der Waals surface area contributed by atoms with Crippen LogP contribution in [0.1, 0.15) is 35.3 Å². The second-order valence-corrected chi connectivity index (χ2v) is 10.3. The van der Waals surface area contributed by atoms with Gasteiger partial charge in [0.1, 0.15) is 0 Å². The summed E-state index contributed by atoms with van der Waals surface area (Å²) < 4.78 is 24.4. The van der Waals surface area contributed by atoms with Gasteiger partial charge < -0.3 is 9.80 Å². The number of rotatable bonds is 3. The number of amides is 2. The van der Waals surface area contributed by atoms with Crippen LogP contribution in [0.3, 0.4) is 0 Å². The molecule has 2 aliphatic heterocycles. The zero-order chi connectivity index (χ0) is 18.4. The van der Waals surface area contributed by atoms with Crippen molar-refractivity contribution < 1.29 is 18.0 Å². The lowest BCUT2D eigenvalue weighted by Crippen LogP contribution is -2.62. The van der Waals surface area contributed by atoms with Gasteiger partial charge in [0.05, 0.1) is 28.5 Å². The Bertz CT molecular complexity index is 784. The first-order chi connectivity index (χ1) is 11.7. The van der Waals surface area contributed by atoms with E-state index in [1.807, 2.05) is 32.9 Å². The number of thiophene rings is 1. The number of piperazine rings is 1. The molecule has 2 aliphatic rings. The average Bonchev–Trinajstić information content (AvgIpc) is 3.15. The first kappa shape index (κ1) is 18.4. The van der Waals surface area contributed by atoms with Crippen molar-refractivity contribution in [2.45, 2.75) is 39.3 Å². The molecule has 1 aromatic heterocycles. The van der Waals surface area contributed by atoms with E-state index in [1.54, 1.807) is 9.80 Å². The monoisotopic (exact) mass is 384 g/mol. The number of carbonyl (C=O) groups excluding carboxylic acids is 2. The Hall–Kier alpha value is -1.41. The fourth-order valence-corrected chi connectivity index (χ4v) is 6.52. The summed E-state index contributed by atoms with van der Waals surface area (Å²) in [6.45, 7) is 6.45. The van der Waals surface area contributed by atoms with Crippen molar-refractivity contribution >= 4 is 33.0 Å². The van der Waals surface area contributed by atoms with Crippen LogP contribution in [0.25, 0.3) is 0 Å². The van der Waals surface area contributed by atoms with E-state index in [9.17, 15) is 18.0 Å². The number of hydrogen-bond donors (Lipinski definition) is 0. The van der Waals surface area contributed by atoms with Crippen LogP contribution in [0, 0.1) is 5.92 Å². The zero-order valence-electron chi connectivity index (χ0n) is 14.8. The Balaban J connectivity index is 1.88. The van der Waals surface area contributed by atoms with Crippen molar-refractivity contribution in [1.82, 2.24) is 9.80 Å². The molecule has 0 N–H and O–H groups in total. The van der Waals surface area contributed by atoms with Gasteiger partial charge >= 0.3 is 0 Å². The summed E-state index contributed by atoms with van der Waals surface area (Å²) in [5, 5.41) is 0. The summed E-state index contributed by atoms with van der Waals surface area (Å²) >= 11 is 1.46. The normalized spacial score (nSPS) is 25.3. The Morgan fingerprint density at radius 2 is 1.76 bits per heavy atom. The molecule has 2 amide bonds. The lowest BCUT2D eigenvalue weighted by molar-refractivity contribution is -0.139. The Morgan fingerprint density at radius 3 is 2.32 bits per heavy atom. The van der Waals surface area contributed by atoms with Gasteiger partial charge in [0.2, 0.25) is 5.91 Å². The maximum absolute atomic E-state index is 12.9. The molecule has 0 bridgehead atoms. The highest BCUT2D eigenvalue weighted by Crippen LogP contribution is 2.30.